The topological polar surface area (TPSA) is 9.23 Å². The molecule has 0 bridgehead atoms. The summed E-state index contributed by atoms with van der Waals surface area (Å²) in [4.78, 5) is 0. The van der Waals surface area contributed by atoms with Crippen LogP contribution in [0.25, 0.3) is 0 Å². The van der Waals surface area contributed by atoms with E-state index >= 15 is 0 Å². The first-order chi connectivity index (χ1) is 9.27. The van der Waals surface area contributed by atoms with E-state index in [1.54, 1.807) is 0 Å². The van der Waals surface area contributed by atoms with Gasteiger partial charge in [0.05, 0.1) is 6.61 Å². The van der Waals surface area contributed by atoms with Gasteiger partial charge >= 0.3 is 0 Å². The second-order valence-electron chi connectivity index (χ2n) is 6.45. The second kappa shape index (κ2) is 10.0. The van der Waals surface area contributed by atoms with Crippen molar-refractivity contribution < 1.29 is 4.43 Å². The van der Waals surface area contributed by atoms with Crippen LogP contribution < -0.4 is 0 Å². The molecule has 0 saturated carbocycles. The molecule has 0 unspecified atom stereocenters. The van der Waals surface area contributed by atoms with Crippen molar-refractivity contribution in [3.63, 3.8) is 0 Å². The number of rotatable bonds is 6. The zero-order valence-electron chi connectivity index (χ0n) is 14.1. The van der Waals surface area contributed by atoms with Gasteiger partial charge in [-0.2, -0.15) is 0 Å². The van der Waals surface area contributed by atoms with Gasteiger partial charge in [-0.1, -0.05) is 37.3 Å². The van der Waals surface area contributed by atoms with Gasteiger partial charge in [-0.05, 0) is 32.9 Å². The van der Waals surface area contributed by atoms with Crippen molar-refractivity contribution in [3.05, 3.63) is 12.2 Å². The van der Waals surface area contributed by atoms with Crippen molar-refractivity contribution in [2.45, 2.75) is 65.3 Å². The van der Waals surface area contributed by atoms with Crippen LogP contribution in [0.4, 0.5) is 0 Å². The predicted molar refractivity (Wildman–Crippen MR) is 95.6 cm³/mol. The molecule has 0 aromatic heterocycles. The van der Waals surface area contributed by atoms with Gasteiger partial charge in [-0.3, -0.25) is 0 Å². The third-order valence-corrected chi connectivity index (χ3v) is 5.08. The summed E-state index contributed by atoms with van der Waals surface area (Å²) in [5, 5.41) is 0. The number of hydrogen-bond donors (Lipinski definition) is 0. The molecular formula is C17H30OSi2. The van der Waals surface area contributed by atoms with E-state index < -0.39 is 16.4 Å². The normalized spacial score (nSPS) is 11.7. The molecule has 0 fully saturated rings. The van der Waals surface area contributed by atoms with Crippen molar-refractivity contribution in [2.75, 3.05) is 6.61 Å². The largest absolute Gasteiger partial charge is 0.402 e. The van der Waals surface area contributed by atoms with E-state index in [9.17, 15) is 0 Å². The van der Waals surface area contributed by atoms with E-state index in [0.29, 0.717) is 6.61 Å². The van der Waals surface area contributed by atoms with E-state index in [4.69, 9.17) is 4.43 Å². The molecule has 0 heterocycles. The molecule has 0 saturated heterocycles. The molecule has 0 spiro atoms. The van der Waals surface area contributed by atoms with Crippen LogP contribution >= 0.6 is 0 Å². The van der Waals surface area contributed by atoms with Gasteiger partial charge < -0.3 is 4.43 Å². The van der Waals surface area contributed by atoms with Crippen molar-refractivity contribution in [1.29, 1.82) is 0 Å². The van der Waals surface area contributed by atoms with Gasteiger partial charge in [0, 0.05) is 12.8 Å². The lowest BCUT2D eigenvalue weighted by atomic mass is 10.2. The lowest BCUT2D eigenvalue weighted by Gasteiger charge is -2.14. The Bertz CT molecular complexity index is 408. The molecule has 0 atom stereocenters. The maximum Gasteiger partial charge on any atom is 0.266 e. The van der Waals surface area contributed by atoms with Crippen molar-refractivity contribution in [3.8, 4) is 22.9 Å². The molecule has 0 rings (SSSR count). The average molecular weight is 307 g/mol. The minimum absolute atomic E-state index is 0.691. The lowest BCUT2D eigenvalue weighted by molar-refractivity contribution is 0.363. The maximum absolute atomic E-state index is 5.81. The molecule has 0 aliphatic heterocycles. The third-order valence-electron chi connectivity index (χ3n) is 2.48. The highest BCUT2D eigenvalue weighted by Crippen LogP contribution is 2.04. The Kier molecular flexibility index (Phi) is 9.67. The summed E-state index contributed by atoms with van der Waals surface area (Å²) in [7, 11) is -2.95. The molecule has 0 aliphatic rings. The van der Waals surface area contributed by atoms with Gasteiger partial charge in [-0.15, -0.1) is 17.4 Å². The molecule has 112 valence electrons. The highest BCUT2D eigenvalue weighted by Gasteiger charge is 2.18. The number of allylic oxidation sites excluding steroid dienone is 1. The SMILES string of the molecule is C/C=C/CO[Si](C)(C)C#CCCCCC#C[Si](C)(C)C. The van der Waals surface area contributed by atoms with E-state index in [-0.39, 0.29) is 0 Å². The first-order valence-corrected chi connectivity index (χ1v) is 13.9. The maximum atomic E-state index is 5.81. The zero-order valence-corrected chi connectivity index (χ0v) is 16.1. The molecule has 0 amide bonds. The fraction of sp³-hybridized carbons (Fsp3) is 0.647. The molecule has 0 radical (unpaired) electrons. The van der Waals surface area contributed by atoms with Crippen molar-refractivity contribution >= 4 is 16.4 Å². The monoisotopic (exact) mass is 306 g/mol. The third kappa shape index (κ3) is 13.7. The fourth-order valence-electron chi connectivity index (χ4n) is 1.42. The minimum Gasteiger partial charge on any atom is -0.402 e. The van der Waals surface area contributed by atoms with Crippen LogP contribution in [0, 0.1) is 22.9 Å². The summed E-state index contributed by atoms with van der Waals surface area (Å²) >= 11 is 0. The van der Waals surface area contributed by atoms with Crippen LogP contribution in [-0.2, 0) is 4.43 Å². The molecule has 0 aromatic rings. The highest BCUT2D eigenvalue weighted by atomic mass is 28.4. The van der Waals surface area contributed by atoms with Crippen LogP contribution in [0.1, 0.15) is 32.6 Å². The van der Waals surface area contributed by atoms with Gasteiger partial charge in [0.2, 0.25) is 0 Å². The van der Waals surface area contributed by atoms with Crippen LogP contribution in [0.3, 0.4) is 0 Å². The molecule has 0 N–H and O–H groups in total. The Morgan fingerprint density at radius 3 is 1.95 bits per heavy atom. The number of hydrogen-bond acceptors (Lipinski definition) is 1. The van der Waals surface area contributed by atoms with Crippen molar-refractivity contribution in [1.82, 2.24) is 0 Å². The first-order valence-electron chi connectivity index (χ1n) is 7.52. The summed E-state index contributed by atoms with van der Waals surface area (Å²) < 4.78 is 5.81. The zero-order chi connectivity index (χ0) is 15.5. The average Bonchev–Trinajstić information content (AvgIpc) is 2.31. The van der Waals surface area contributed by atoms with Gasteiger partial charge in [-0.25, -0.2) is 0 Å². The Morgan fingerprint density at radius 2 is 1.45 bits per heavy atom. The molecule has 1 nitrogen and oxygen atoms in total. The fourth-order valence-corrected chi connectivity index (χ4v) is 3.21. The van der Waals surface area contributed by atoms with Crippen LogP contribution in [-0.4, -0.2) is 23.0 Å². The summed E-state index contributed by atoms with van der Waals surface area (Å²) in [5.74, 6) is 6.59. The van der Waals surface area contributed by atoms with E-state index in [2.05, 4.69) is 55.7 Å². The molecule has 3 heteroatoms. The molecular weight excluding hydrogens is 276 g/mol. The smallest absolute Gasteiger partial charge is 0.266 e. The summed E-state index contributed by atoms with van der Waals surface area (Å²) in [6.07, 6.45) is 8.34. The minimum atomic E-state index is -1.78. The lowest BCUT2D eigenvalue weighted by Crippen LogP contribution is -2.28. The standard InChI is InChI=1S/C17H30OSi2/c1-7-8-15-18-20(5,6)17-14-12-10-9-11-13-16-19(2,3)4/h7-8H,9-12,15H2,1-6H3/b8-7+. The van der Waals surface area contributed by atoms with E-state index in [0.717, 1.165) is 25.7 Å². The Morgan fingerprint density at radius 1 is 0.900 bits per heavy atom. The predicted octanol–water partition coefficient (Wildman–Crippen LogP) is 4.77. The van der Waals surface area contributed by atoms with Crippen LogP contribution in [0.5, 0.6) is 0 Å². The number of unbranched alkanes of at least 4 members (excludes halogenated alkanes) is 3. The first kappa shape index (κ1) is 19.3. The van der Waals surface area contributed by atoms with Crippen LogP contribution in [0.2, 0.25) is 32.7 Å². The second-order valence-corrected chi connectivity index (χ2v) is 14.8. The summed E-state index contributed by atoms with van der Waals surface area (Å²) in [6, 6.07) is 0. The summed E-state index contributed by atoms with van der Waals surface area (Å²) in [6.45, 7) is 13.9. The molecule has 20 heavy (non-hydrogen) atoms. The van der Waals surface area contributed by atoms with Gasteiger partial charge in [0.25, 0.3) is 8.32 Å². The summed E-state index contributed by atoms with van der Waals surface area (Å²) in [5.41, 5.74) is 6.74. The van der Waals surface area contributed by atoms with E-state index in [1.165, 1.54) is 0 Å². The van der Waals surface area contributed by atoms with Crippen molar-refractivity contribution in [2.24, 2.45) is 0 Å². The molecule has 0 aliphatic carbocycles. The Hall–Kier alpha value is -0.746. The van der Waals surface area contributed by atoms with E-state index in [1.807, 2.05) is 19.1 Å². The Balaban J connectivity index is 3.84. The highest BCUT2D eigenvalue weighted by molar-refractivity contribution is 6.83. The Labute approximate surface area is 128 Å². The van der Waals surface area contributed by atoms with Crippen LogP contribution in [0.15, 0.2) is 12.2 Å². The van der Waals surface area contributed by atoms with Gasteiger partial charge in [0.1, 0.15) is 8.07 Å². The molecule has 0 aromatic carbocycles. The van der Waals surface area contributed by atoms with Gasteiger partial charge in [0.15, 0.2) is 0 Å². The quantitative estimate of drug-likeness (QED) is 0.297.